The van der Waals surface area contributed by atoms with Crippen molar-refractivity contribution < 1.29 is 13.2 Å². The highest BCUT2D eigenvalue weighted by atomic mass is 32.2. The third-order valence-electron chi connectivity index (χ3n) is 4.13. The van der Waals surface area contributed by atoms with Crippen molar-refractivity contribution in [3.8, 4) is 0 Å². The minimum Gasteiger partial charge on any atom is -0.323 e. The van der Waals surface area contributed by atoms with E-state index in [2.05, 4.69) is 5.32 Å². The third-order valence-corrected chi connectivity index (χ3v) is 5.93. The largest absolute Gasteiger partial charge is 0.323 e. The topological polar surface area (TPSA) is 66.5 Å². The molecule has 3 aromatic rings. The molecule has 0 aliphatic carbocycles. The second kappa shape index (κ2) is 8.54. The lowest BCUT2D eigenvalue weighted by atomic mass is 10.2. The van der Waals surface area contributed by atoms with Crippen LogP contribution in [0.5, 0.6) is 0 Å². The summed E-state index contributed by atoms with van der Waals surface area (Å²) in [6, 6.07) is 24.4. The Morgan fingerprint density at radius 1 is 0.857 bits per heavy atom. The molecule has 6 heteroatoms. The summed E-state index contributed by atoms with van der Waals surface area (Å²) in [6.45, 7) is 0. The summed E-state index contributed by atoms with van der Waals surface area (Å²) in [6.07, 6.45) is 3.14. The maximum atomic E-state index is 12.8. The number of benzene rings is 3. The van der Waals surface area contributed by atoms with Gasteiger partial charge in [-0.2, -0.15) is 0 Å². The van der Waals surface area contributed by atoms with Crippen LogP contribution < -0.4 is 9.62 Å². The molecule has 1 amide bonds. The minimum absolute atomic E-state index is 0.150. The lowest BCUT2D eigenvalue weighted by molar-refractivity contribution is -0.111. The van der Waals surface area contributed by atoms with Crippen molar-refractivity contribution in [3.05, 3.63) is 96.6 Å². The first kappa shape index (κ1) is 19.4. The van der Waals surface area contributed by atoms with E-state index in [1.165, 1.54) is 29.6 Å². The second-order valence-electron chi connectivity index (χ2n) is 6.07. The monoisotopic (exact) mass is 392 g/mol. The van der Waals surface area contributed by atoms with Crippen LogP contribution in [0.2, 0.25) is 0 Å². The van der Waals surface area contributed by atoms with Crippen LogP contribution in [0.25, 0.3) is 6.08 Å². The fourth-order valence-corrected chi connectivity index (χ4v) is 3.76. The molecule has 0 spiro atoms. The van der Waals surface area contributed by atoms with E-state index in [0.717, 1.165) is 5.56 Å². The number of para-hydroxylation sites is 1. The Labute approximate surface area is 165 Å². The number of carbonyl (C=O) groups is 1. The SMILES string of the molecule is CN(c1ccccc1)S(=O)(=O)c1ccc(NC(=O)/C=C/c2ccccc2)cc1. The van der Waals surface area contributed by atoms with Crippen LogP contribution in [0.4, 0.5) is 11.4 Å². The zero-order valence-corrected chi connectivity index (χ0v) is 16.1. The average molecular weight is 392 g/mol. The van der Waals surface area contributed by atoms with Gasteiger partial charge in [0.1, 0.15) is 0 Å². The number of hydrogen-bond acceptors (Lipinski definition) is 3. The molecule has 0 aliphatic heterocycles. The number of amides is 1. The van der Waals surface area contributed by atoms with Crippen LogP contribution in [0.1, 0.15) is 5.56 Å². The summed E-state index contributed by atoms with van der Waals surface area (Å²) in [4.78, 5) is 12.2. The van der Waals surface area contributed by atoms with Crippen LogP contribution >= 0.6 is 0 Å². The number of sulfonamides is 1. The highest BCUT2D eigenvalue weighted by Crippen LogP contribution is 2.22. The summed E-state index contributed by atoms with van der Waals surface area (Å²) in [5.74, 6) is -0.291. The summed E-state index contributed by atoms with van der Waals surface area (Å²) in [5.41, 5.74) is 2.01. The normalized spacial score (nSPS) is 11.3. The van der Waals surface area contributed by atoms with Gasteiger partial charge in [-0.25, -0.2) is 8.42 Å². The molecule has 142 valence electrons. The van der Waals surface area contributed by atoms with Crippen LogP contribution in [-0.2, 0) is 14.8 Å². The first-order valence-electron chi connectivity index (χ1n) is 8.65. The number of rotatable bonds is 6. The van der Waals surface area contributed by atoms with Crippen molar-refractivity contribution in [1.29, 1.82) is 0 Å². The molecule has 0 radical (unpaired) electrons. The lowest BCUT2D eigenvalue weighted by Gasteiger charge is -2.19. The van der Waals surface area contributed by atoms with E-state index in [4.69, 9.17) is 0 Å². The number of anilines is 2. The molecule has 0 saturated carbocycles. The fourth-order valence-electron chi connectivity index (χ4n) is 2.57. The van der Waals surface area contributed by atoms with Crippen LogP contribution in [0.15, 0.2) is 95.9 Å². The molecule has 0 saturated heterocycles. The van der Waals surface area contributed by atoms with Crippen LogP contribution in [-0.4, -0.2) is 21.4 Å². The Kier molecular flexibility index (Phi) is 5.91. The molecular weight excluding hydrogens is 372 g/mol. The molecule has 3 rings (SSSR count). The molecule has 0 bridgehead atoms. The highest BCUT2D eigenvalue weighted by Gasteiger charge is 2.20. The highest BCUT2D eigenvalue weighted by molar-refractivity contribution is 7.92. The van der Waals surface area contributed by atoms with Crippen molar-refractivity contribution in [2.75, 3.05) is 16.7 Å². The van der Waals surface area contributed by atoms with Gasteiger partial charge in [-0.1, -0.05) is 48.5 Å². The predicted octanol–water partition coefficient (Wildman–Crippen LogP) is 4.16. The fraction of sp³-hybridized carbons (Fsp3) is 0.0455. The quantitative estimate of drug-likeness (QED) is 0.641. The molecule has 0 aliphatic rings. The summed E-state index contributed by atoms with van der Waals surface area (Å²) in [5, 5.41) is 2.72. The van der Waals surface area contributed by atoms with E-state index < -0.39 is 10.0 Å². The van der Waals surface area contributed by atoms with Crippen molar-refractivity contribution in [2.45, 2.75) is 4.90 Å². The number of nitrogens with zero attached hydrogens (tertiary/aromatic N) is 1. The molecular formula is C22H20N2O3S. The summed E-state index contributed by atoms with van der Waals surface area (Å²) in [7, 11) is -2.17. The Morgan fingerprint density at radius 3 is 2.04 bits per heavy atom. The Balaban J connectivity index is 1.69. The zero-order chi connectivity index (χ0) is 20.0. The van der Waals surface area contributed by atoms with Crippen LogP contribution in [0, 0.1) is 0 Å². The van der Waals surface area contributed by atoms with Gasteiger partial charge in [0.05, 0.1) is 10.6 Å². The maximum absolute atomic E-state index is 12.8. The molecule has 0 heterocycles. The second-order valence-corrected chi connectivity index (χ2v) is 8.03. The van der Waals surface area contributed by atoms with Crippen molar-refractivity contribution in [3.63, 3.8) is 0 Å². The van der Waals surface area contributed by atoms with Gasteiger partial charge in [-0.3, -0.25) is 9.10 Å². The molecule has 0 fully saturated rings. The molecule has 5 nitrogen and oxygen atoms in total. The van der Waals surface area contributed by atoms with Crippen molar-refractivity contribution in [2.24, 2.45) is 0 Å². The van der Waals surface area contributed by atoms with E-state index in [1.54, 1.807) is 42.5 Å². The number of carbonyl (C=O) groups excluding carboxylic acids is 1. The Bertz CT molecular complexity index is 1060. The molecule has 0 aromatic heterocycles. The van der Waals surface area contributed by atoms with E-state index in [-0.39, 0.29) is 10.8 Å². The van der Waals surface area contributed by atoms with Gasteiger partial charge in [0, 0.05) is 18.8 Å². The molecule has 0 unspecified atom stereocenters. The van der Waals surface area contributed by atoms with Crippen molar-refractivity contribution >= 4 is 33.4 Å². The summed E-state index contributed by atoms with van der Waals surface area (Å²) < 4.78 is 26.7. The predicted molar refractivity (Wildman–Crippen MR) is 113 cm³/mol. The van der Waals surface area contributed by atoms with E-state index in [1.807, 2.05) is 36.4 Å². The number of hydrogen-bond donors (Lipinski definition) is 1. The summed E-state index contributed by atoms with van der Waals surface area (Å²) >= 11 is 0. The van der Waals surface area contributed by atoms with Gasteiger partial charge in [0.2, 0.25) is 5.91 Å². The Hall–Kier alpha value is -3.38. The lowest BCUT2D eigenvalue weighted by Crippen LogP contribution is -2.26. The van der Waals surface area contributed by atoms with Gasteiger partial charge in [-0.15, -0.1) is 0 Å². The van der Waals surface area contributed by atoms with Gasteiger partial charge in [0.15, 0.2) is 0 Å². The molecule has 28 heavy (non-hydrogen) atoms. The maximum Gasteiger partial charge on any atom is 0.264 e. The van der Waals surface area contributed by atoms with Gasteiger partial charge in [0.25, 0.3) is 10.0 Å². The van der Waals surface area contributed by atoms with Crippen molar-refractivity contribution in [1.82, 2.24) is 0 Å². The third kappa shape index (κ3) is 4.66. The minimum atomic E-state index is -3.68. The van der Waals surface area contributed by atoms with E-state index in [9.17, 15) is 13.2 Å². The standard InChI is InChI=1S/C22H20N2O3S/c1-24(20-10-6-3-7-11-20)28(26,27)21-15-13-19(14-16-21)23-22(25)17-12-18-8-4-2-5-9-18/h2-17H,1H3,(H,23,25)/b17-12+. The first-order chi connectivity index (χ1) is 13.5. The smallest absolute Gasteiger partial charge is 0.264 e. The van der Waals surface area contributed by atoms with E-state index in [0.29, 0.717) is 11.4 Å². The average Bonchev–Trinajstić information content (AvgIpc) is 2.73. The number of nitrogens with one attached hydrogen (secondary N) is 1. The van der Waals surface area contributed by atoms with Gasteiger partial charge >= 0.3 is 0 Å². The molecule has 3 aromatic carbocycles. The zero-order valence-electron chi connectivity index (χ0n) is 15.3. The molecule has 1 N–H and O–H groups in total. The van der Waals surface area contributed by atoms with Crippen LogP contribution in [0.3, 0.4) is 0 Å². The Morgan fingerprint density at radius 2 is 1.43 bits per heavy atom. The van der Waals surface area contributed by atoms with Gasteiger partial charge in [-0.05, 0) is 48.0 Å². The first-order valence-corrected chi connectivity index (χ1v) is 10.1. The van der Waals surface area contributed by atoms with Gasteiger partial charge < -0.3 is 5.32 Å². The molecule has 0 atom stereocenters. The van der Waals surface area contributed by atoms with E-state index >= 15 is 0 Å².